The topological polar surface area (TPSA) is 50.4 Å². The van der Waals surface area contributed by atoms with Gasteiger partial charge in [-0.05, 0) is 30.5 Å². The molecule has 1 heterocycles. The minimum Gasteiger partial charge on any atom is -0.366 e. The molecular weight excluding hydrogens is 335 g/mol. The van der Waals surface area contributed by atoms with Crippen LogP contribution < -0.4 is 10.6 Å². The van der Waals surface area contributed by atoms with Crippen LogP contribution in [0.15, 0.2) is 24.3 Å². The van der Waals surface area contributed by atoms with E-state index in [1.165, 1.54) is 6.42 Å². The van der Waals surface area contributed by atoms with Crippen molar-refractivity contribution in [3.63, 3.8) is 0 Å². The quantitative estimate of drug-likeness (QED) is 0.872. The van der Waals surface area contributed by atoms with Crippen LogP contribution in [0.4, 0.5) is 0 Å². The first kappa shape index (κ1) is 18.5. The summed E-state index contributed by atoms with van der Waals surface area (Å²) < 4.78 is 5.59. The molecule has 1 saturated heterocycles. The van der Waals surface area contributed by atoms with Crippen molar-refractivity contribution in [3.8, 4) is 0 Å². The van der Waals surface area contributed by atoms with Crippen LogP contribution in [0.25, 0.3) is 0 Å². The van der Waals surface area contributed by atoms with Gasteiger partial charge in [-0.1, -0.05) is 43.0 Å². The maximum absolute atomic E-state index is 12.6. The molecule has 0 spiro atoms. The van der Waals surface area contributed by atoms with Gasteiger partial charge in [0.2, 0.25) is 0 Å². The highest BCUT2D eigenvalue weighted by Crippen LogP contribution is 2.37. The van der Waals surface area contributed by atoms with Crippen molar-refractivity contribution in [1.29, 1.82) is 0 Å². The number of amides is 1. The van der Waals surface area contributed by atoms with Crippen LogP contribution >= 0.6 is 24.0 Å². The molecule has 6 heteroatoms. The van der Waals surface area contributed by atoms with Gasteiger partial charge >= 0.3 is 0 Å². The van der Waals surface area contributed by atoms with Gasteiger partial charge in [0.25, 0.3) is 5.91 Å². The Morgan fingerprint density at radius 2 is 1.91 bits per heavy atom. The van der Waals surface area contributed by atoms with Gasteiger partial charge in [0.15, 0.2) is 0 Å². The Morgan fingerprint density at radius 1 is 1.22 bits per heavy atom. The summed E-state index contributed by atoms with van der Waals surface area (Å²) in [5.41, 5.74) is 0.870. The molecule has 128 valence electrons. The van der Waals surface area contributed by atoms with Gasteiger partial charge in [0.1, 0.15) is 6.10 Å². The van der Waals surface area contributed by atoms with E-state index >= 15 is 0 Å². The Balaban J connectivity index is 0.00000192. The normalized spacial score (nSPS) is 23.6. The van der Waals surface area contributed by atoms with Gasteiger partial charge in [-0.25, -0.2) is 0 Å². The van der Waals surface area contributed by atoms with Crippen molar-refractivity contribution >= 4 is 29.9 Å². The highest BCUT2D eigenvalue weighted by atomic mass is 35.5. The standard InChI is InChI=1S/C17H23ClN2O2.ClH/c18-14-6-4-13(5-7-14)17(8-2-1-3-9-17)20-16(21)15-12-19-10-11-22-15;/h4-7,15,19H,1-3,8-12H2,(H,20,21);1H. The lowest BCUT2D eigenvalue weighted by molar-refractivity contribution is -0.136. The molecule has 0 bridgehead atoms. The lowest BCUT2D eigenvalue weighted by Crippen LogP contribution is -2.54. The van der Waals surface area contributed by atoms with Gasteiger partial charge in [-0.15, -0.1) is 12.4 Å². The number of morpholine rings is 1. The fourth-order valence-corrected chi connectivity index (χ4v) is 3.59. The van der Waals surface area contributed by atoms with Gasteiger partial charge in [-0.2, -0.15) is 0 Å². The average molecular weight is 359 g/mol. The first-order valence-corrected chi connectivity index (χ1v) is 8.48. The van der Waals surface area contributed by atoms with E-state index in [4.69, 9.17) is 16.3 Å². The third-order valence-electron chi connectivity index (χ3n) is 4.69. The van der Waals surface area contributed by atoms with Crippen molar-refractivity contribution in [1.82, 2.24) is 10.6 Å². The average Bonchev–Trinajstić information content (AvgIpc) is 2.57. The number of carbonyl (C=O) groups is 1. The van der Waals surface area contributed by atoms with E-state index in [0.717, 1.165) is 42.8 Å². The molecule has 23 heavy (non-hydrogen) atoms. The number of halogens is 2. The maximum atomic E-state index is 12.6. The smallest absolute Gasteiger partial charge is 0.251 e. The summed E-state index contributed by atoms with van der Waals surface area (Å²) in [5, 5.41) is 7.22. The molecule has 0 aromatic heterocycles. The summed E-state index contributed by atoms with van der Waals surface area (Å²) in [6.07, 6.45) is 5.05. The predicted octanol–water partition coefficient (Wildman–Crippen LogP) is 3.03. The van der Waals surface area contributed by atoms with Crippen molar-refractivity contribution in [2.75, 3.05) is 19.7 Å². The van der Waals surface area contributed by atoms with Gasteiger partial charge in [0.05, 0.1) is 12.1 Å². The summed E-state index contributed by atoms with van der Waals surface area (Å²) in [5.74, 6) is -0.0101. The number of nitrogens with one attached hydrogen (secondary N) is 2. The molecule has 2 N–H and O–H groups in total. The van der Waals surface area contributed by atoms with Crippen molar-refractivity contribution in [2.24, 2.45) is 0 Å². The summed E-state index contributed by atoms with van der Waals surface area (Å²) in [6, 6.07) is 7.87. The highest BCUT2D eigenvalue weighted by molar-refractivity contribution is 6.30. The second-order valence-corrected chi connectivity index (χ2v) is 6.64. The molecule has 0 radical (unpaired) electrons. The van der Waals surface area contributed by atoms with E-state index in [1.807, 2.05) is 24.3 Å². The SMILES string of the molecule is Cl.O=C(NC1(c2ccc(Cl)cc2)CCCCC1)C1CNCCO1. The number of hydrogen-bond acceptors (Lipinski definition) is 3. The molecule has 2 aliphatic rings. The van der Waals surface area contributed by atoms with Crippen molar-refractivity contribution in [2.45, 2.75) is 43.7 Å². The van der Waals surface area contributed by atoms with Crippen LogP contribution in [0.1, 0.15) is 37.7 Å². The Kier molecular flexibility index (Phi) is 6.72. The lowest BCUT2D eigenvalue weighted by atomic mass is 9.76. The number of rotatable bonds is 3. The van der Waals surface area contributed by atoms with E-state index in [2.05, 4.69) is 10.6 Å². The molecule has 1 aromatic carbocycles. The summed E-state index contributed by atoms with van der Waals surface area (Å²) in [7, 11) is 0. The Hall–Kier alpha value is -0.810. The third-order valence-corrected chi connectivity index (χ3v) is 4.94. The van der Waals surface area contributed by atoms with E-state index in [0.29, 0.717) is 13.2 Å². The zero-order valence-electron chi connectivity index (χ0n) is 13.1. The van der Waals surface area contributed by atoms with Gasteiger partial charge < -0.3 is 15.4 Å². The predicted molar refractivity (Wildman–Crippen MR) is 94.2 cm³/mol. The summed E-state index contributed by atoms with van der Waals surface area (Å²) in [6.45, 7) is 1.99. The van der Waals surface area contributed by atoms with Crippen molar-refractivity contribution in [3.05, 3.63) is 34.9 Å². The third kappa shape index (κ3) is 4.38. The second-order valence-electron chi connectivity index (χ2n) is 6.20. The van der Waals surface area contributed by atoms with Crippen molar-refractivity contribution < 1.29 is 9.53 Å². The second kappa shape index (κ2) is 8.34. The molecule has 1 aliphatic carbocycles. The molecule has 1 aliphatic heterocycles. The van der Waals surface area contributed by atoms with Crippen LogP contribution in [0.5, 0.6) is 0 Å². The van der Waals surface area contributed by atoms with Crippen LogP contribution in [-0.2, 0) is 15.1 Å². The molecule has 1 atom stereocenters. The molecule has 1 unspecified atom stereocenters. The maximum Gasteiger partial charge on any atom is 0.251 e. The van der Waals surface area contributed by atoms with Gasteiger partial charge in [-0.3, -0.25) is 4.79 Å². The van der Waals surface area contributed by atoms with E-state index in [9.17, 15) is 4.79 Å². The molecule has 3 rings (SSSR count). The van der Waals surface area contributed by atoms with Crippen LogP contribution in [0, 0.1) is 0 Å². The van der Waals surface area contributed by atoms with Crippen LogP contribution in [-0.4, -0.2) is 31.7 Å². The Bertz CT molecular complexity index is 510. The van der Waals surface area contributed by atoms with Crippen LogP contribution in [0.2, 0.25) is 5.02 Å². The zero-order valence-corrected chi connectivity index (χ0v) is 14.7. The first-order valence-electron chi connectivity index (χ1n) is 8.10. The fraction of sp³-hybridized carbons (Fsp3) is 0.588. The molecule has 1 aromatic rings. The molecule has 2 fully saturated rings. The van der Waals surface area contributed by atoms with E-state index in [-0.39, 0.29) is 30.0 Å². The van der Waals surface area contributed by atoms with Gasteiger partial charge in [0, 0.05) is 18.1 Å². The first-order chi connectivity index (χ1) is 10.7. The zero-order chi connectivity index (χ0) is 15.4. The monoisotopic (exact) mass is 358 g/mol. The summed E-state index contributed by atoms with van der Waals surface area (Å²) >= 11 is 6.01. The molecule has 1 amide bonds. The minimum absolute atomic E-state index is 0. The molecule has 4 nitrogen and oxygen atoms in total. The lowest BCUT2D eigenvalue weighted by Gasteiger charge is -2.40. The number of hydrogen-bond donors (Lipinski definition) is 2. The summed E-state index contributed by atoms with van der Waals surface area (Å²) in [4.78, 5) is 12.6. The van der Waals surface area contributed by atoms with E-state index in [1.54, 1.807) is 0 Å². The van der Waals surface area contributed by atoms with E-state index < -0.39 is 0 Å². The fourth-order valence-electron chi connectivity index (χ4n) is 3.46. The Labute approximate surface area is 148 Å². The Morgan fingerprint density at radius 3 is 2.52 bits per heavy atom. The largest absolute Gasteiger partial charge is 0.366 e. The minimum atomic E-state index is -0.389. The molecular formula is C17H24Cl2N2O2. The number of benzene rings is 1. The number of carbonyl (C=O) groups excluding carboxylic acids is 1. The molecule has 1 saturated carbocycles. The van der Waals surface area contributed by atoms with Crippen LogP contribution in [0.3, 0.4) is 0 Å². The number of ether oxygens (including phenoxy) is 1. The highest BCUT2D eigenvalue weighted by Gasteiger charge is 2.37.